The van der Waals surface area contributed by atoms with E-state index in [2.05, 4.69) is 19.2 Å². The third-order valence-corrected chi connectivity index (χ3v) is 5.20. The molecule has 0 spiro atoms. The van der Waals surface area contributed by atoms with Crippen LogP contribution in [0.4, 0.5) is 0 Å². The Labute approximate surface area is 173 Å². The maximum absolute atomic E-state index is 13.0. The first-order valence-corrected chi connectivity index (χ1v) is 10.1. The second-order valence-corrected chi connectivity index (χ2v) is 8.48. The number of benzene rings is 2. The van der Waals surface area contributed by atoms with Crippen LogP contribution in [0.15, 0.2) is 42.5 Å². The normalized spacial score (nSPS) is 18.4. The molecule has 1 heterocycles. The Hall–Kier alpha value is -2.69. The molecule has 5 heteroatoms. The summed E-state index contributed by atoms with van der Waals surface area (Å²) in [7, 11) is 1.63. The number of methoxy groups -OCH3 is 1. The summed E-state index contributed by atoms with van der Waals surface area (Å²) in [6, 6.07) is 13.4. The van der Waals surface area contributed by atoms with Gasteiger partial charge in [0.1, 0.15) is 22.8 Å². The highest BCUT2D eigenvalue weighted by atomic mass is 16.5. The van der Waals surface area contributed by atoms with E-state index in [1.165, 1.54) is 0 Å². The molecule has 5 nitrogen and oxygen atoms in total. The largest absolute Gasteiger partial charge is 0.497 e. The molecule has 1 amide bonds. The van der Waals surface area contributed by atoms with Crippen molar-refractivity contribution in [3.63, 3.8) is 0 Å². The van der Waals surface area contributed by atoms with Crippen LogP contribution in [-0.2, 0) is 4.79 Å². The molecule has 1 aliphatic rings. The molecule has 0 unspecified atom stereocenters. The van der Waals surface area contributed by atoms with Gasteiger partial charge in [-0.2, -0.15) is 0 Å². The van der Waals surface area contributed by atoms with E-state index in [0.29, 0.717) is 12.3 Å². The van der Waals surface area contributed by atoms with Gasteiger partial charge in [0, 0.05) is 12.0 Å². The third kappa shape index (κ3) is 4.84. The summed E-state index contributed by atoms with van der Waals surface area (Å²) in [5, 5.41) is 3.15. The van der Waals surface area contributed by atoms with E-state index >= 15 is 0 Å². The predicted molar refractivity (Wildman–Crippen MR) is 114 cm³/mol. The van der Waals surface area contributed by atoms with Crippen LogP contribution in [0, 0.1) is 0 Å². The van der Waals surface area contributed by atoms with Crippen LogP contribution in [0.25, 0.3) is 0 Å². The molecule has 0 radical (unpaired) electrons. The van der Waals surface area contributed by atoms with Crippen molar-refractivity contribution >= 4 is 5.91 Å². The number of hydrogen-bond acceptors (Lipinski definition) is 4. The molecule has 29 heavy (non-hydrogen) atoms. The van der Waals surface area contributed by atoms with Gasteiger partial charge in [-0.3, -0.25) is 4.79 Å². The first kappa shape index (κ1) is 21.0. The summed E-state index contributed by atoms with van der Waals surface area (Å²) in [5.74, 6) is 2.42. The van der Waals surface area contributed by atoms with E-state index in [-0.39, 0.29) is 17.6 Å². The average Bonchev–Trinajstić information content (AvgIpc) is 2.67. The van der Waals surface area contributed by atoms with E-state index in [0.717, 1.165) is 28.4 Å². The highest BCUT2D eigenvalue weighted by Gasteiger charge is 2.35. The lowest BCUT2D eigenvalue weighted by atomic mass is 9.89. The van der Waals surface area contributed by atoms with Crippen molar-refractivity contribution < 1.29 is 19.0 Å². The molecule has 1 aliphatic heterocycles. The molecule has 0 aliphatic carbocycles. The monoisotopic (exact) mass is 397 g/mol. The Morgan fingerprint density at radius 1 is 1.17 bits per heavy atom. The van der Waals surface area contributed by atoms with Crippen molar-refractivity contribution in [3.05, 3.63) is 53.6 Å². The fourth-order valence-corrected chi connectivity index (χ4v) is 3.69. The molecule has 2 atom stereocenters. The Kier molecular flexibility index (Phi) is 6.06. The summed E-state index contributed by atoms with van der Waals surface area (Å²) < 4.78 is 17.5. The van der Waals surface area contributed by atoms with Crippen molar-refractivity contribution in [2.45, 2.75) is 64.7 Å². The van der Waals surface area contributed by atoms with Gasteiger partial charge in [-0.15, -0.1) is 0 Å². The van der Waals surface area contributed by atoms with Gasteiger partial charge in [-0.25, -0.2) is 0 Å². The SMILES string of the molecule is COc1ccc2c(c1)[C@@H](NC(=O)[C@H](C)Oc1ccccc1C(C)C)CC(C)(C)O2. The molecular formula is C24H31NO4. The van der Waals surface area contributed by atoms with Crippen LogP contribution < -0.4 is 19.5 Å². The fourth-order valence-electron chi connectivity index (χ4n) is 3.69. The van der Waals surface area contributed by atoms with Gasteiger partial charge in [0.25, 0.3) is 5.91 Å². The van der Waals surface area contributed by atoms with Gasteiger partial charge in [0.15, 0.2) is 6.10 Å². The first-order valence-electron chi connectivity index (χ1n) is 10.1. The van der Waals surface area contributed by atoms with Crippen LogP contribution in [0.1, 0.15) is 64.1 Å². The van der Waals surface area contributed by atoms with Gasteiger partial charge >= 0.3 is 0 Å². The Bertz CT molecular complexity index is 875. The van der Waals surface area contributed by atoms with Crippen LogP contribution in [0.5, 0.6) is 17.2 Å². The number of carbonyl (C=O) groups is 1. The van der Waals surface area contributed by atoms with Crippen LogP contribution in [0.2, 0.25) is 0 Å². The van der Waals surface area contributed by atoms with Crippen molar-refractivity contribution in [1.29, 1.82) is 0 Å². The van der Waals surface area contributed by atoms with Crippen LogP contribution in [-0.4, -0.2) is 24.7 Å². The minimum atomic E-state index is -0.616. The zero-order valence-corrected chi connectivity index (χ0v) is 18.1. The standard InChI is InChI=1S/C24H31NO4/c1-15(2)18-9-7-8-10-21(18)28-16(3)23(26)25-20-14-24(4,5)29-22-12-11-17(27-6)13-19(20)22/h7-13,15-16,20H,14H2,1-6H3,(H,25,26)/t16-,20-/m0/s1. The minimum Gasteiger partial charge on any atom is -0.497 e. The summed E-state index contributed by atoms with van der Waals surface area (Å²) in [6.45, 7) is 10.1. The maximum Gasteiger partial charge on any atom is 0.261 e. The molecule has 0 saturated carbocycles. The molecule has 3 rings (SSSR count). The minimum absolute atomic E-state index is 0.153. The number of carbonyl (C=O) groups excluding carboxylic acids is 1. The van der Waals surface area contributed by atoms with E-state index in [1.807, 2.05) is 56.3 Å². The van der Waals surface area contributed by atoms with Crippen molar-refractivity contribution in [1.82, 2.24) is 5.32 Å². The Morgan fingerprint density at radius 2 is 1.90 bits per heavy atom. The lowest BCUT2D eigenvalue weighted by molar-refractivity contribution is -0.128. The summed E-state index contributed by atoms with van der Waals surface area (Å²) in [5.41, 5.74) is 1.63. The molecule has 0 saturated heterocycles. The quantitative estimate of drug-likeness (QED) is 0.745. The number of nitrogens with one attached hydrogen (secondary N) is 1. The average molecular weight is 398 g/mol. The van der Waals surface area contributed by atoms with Crippen molar-refractivity contribution in [3.8, 4) is 17.2 Å². The van der Waals surface area contributed by atoms with Gasteiger partial charge in [0.05, 0.1) is 13.2 Å². The molecule has 1 N–H and O–H groups in total. The lowest BCUT2D eigenvalue weighted by Crippen LogP contribution is -2.44. The number of rotatable bonds is 6. The molecule has 0 bridgehead atoms. The number of amides is 1. The second kappa shape index (κ2) is 8.36. The van der Waals surface area contributed by atoms with Crippen molar-refractivity contribution in [2.24, 2.45) is 0 Å². The van der Waals surface area contributed by atoms with E-state index < -0.39 is 6.10 Å². The second-order valence-electron chi connectivity index (χ2n) is 8.48. The zero-order chi connectivity index (χ0) is 21.2. The number of hydrogen-bond donors (Lipinski definition) is 1. The summed E-state index contributed by atoms with van der Waals surface area (Å²) in [6.07, 6.45) is 0.0451. The molecular weight excluding hydrogens is 366 g/mol. The first-order chi connectivity index (χ1) is 13.7. The van der Waals surface area contributed by atoms with Crippen molar-refractivity contribution in [2.75, 3.05) is 7.11 Å². The van der Waals surface area contributed by atoms with Crippen LogP contribution >= 0.6 is 0 Å². The molecule has 2 aromatic rings. The summed E-state index contributed by atoms with van der Waals surface area (Å²) >= 11 is 0. The molecule has 0 fully saturated rings. The Morgan fingerprint density at radius 3 is 2.59 bits per heavy atom. The van der Waals surface area contributed by atoms with E-state index in [1.54, 1.807) is 14.0 Å². The highest BCUT2D eigenvalue weighted by Crippen LogP contribution is 2.41. The fraction of sp³-hybridized carbons (Fsp3) is 0.458. The zero-order valence-electron chi connectivity index (χ0n) is 18.1. The topological polar surface area (TPSA) is 56.8 Å². The lowest BCUT2D eigenvalue weighted by Gasteiger charge is -2.38. The predicted octanol–water partition coefficient (Wildman–Crippen LogP) is 5.00. The number of para-hydroxylation sites is 1. The summed E-state index contributed by atoms with van der Waals surface area (Å²) in [4.78, 5) is 13.0. The molecule has 156 valence electrons. The third-order valence-electron chi connectivity index (χ3n) is 5.20. The number of ether oxygens (including phenoxy) is 3. The van der Waals surface area contributed by atoms with E-state index in [9.17, 15) is 4.79 Å². The Balaban J connectivity index is 1.78. The molecule has 0 aromatic heterocycles. The van der Waals surface area contributed by atoms with Gasteiger partial charge in [-0.05, 0) is 56.5 Å². The highest BCUT2D eigenvalue weighted by molar-refractivity contribution is 5.81. The van der Waals surface area contributed by atoms with Gasteiger partial charge in [-0.1, -0.05) is 32.0 Å². The smallest absolute Gasteiger partial charge is 0.261 e. The van der Waals surface area contributed by atoms with Gasteiger partial charge < -0.3 is 19.5 Å². The molecule has 2 aromatic carbocycles. The van der Waals surface area contributed by atoms with Crippen LogP contribution in [0.3, 0.4) is 0 Å². The van der Waals surface area contributed by atoms with E-state index in [4.69, 9.17) is 14.2 Å². The van der Waals surface area contributed by atoms with Gasteiger partial charge in [0.2, 0.25) is 0 Å². The maximum atomic E-state index is 13.0. The number of fused-ring (bicyclic) bond motifs is 1.